The second kappa shape index (κ2) is 7.81. The molecule has 5 aromatic rings. The molecular formula is C38H34. The Morgan fingerprint density at radius 1 is 0.395 bits per heavy atom. The monoisotopic (exact) mass is 490 g/mol. The first-order valence-electron chi connectivity index (χ1n) is 13.8. The summed E-state index contributed by atoms with van der Waals surface area (Å²) in [5, 5.41) is 0. The standard InChI is InChI=1S/C38H34/c1-23-17-27(25-13-9-7-10-14-25)19-33-35(23)29-21-32-30(22-31(29)37(33,3)4)36-24(2)18-28(20-34(36)38(32,5)6)26-15-11-8-12-16-26/h7-22H,1-6H3. The number of rotatable bonds is 2. The van der Waals surface area contributed by atoms with Crippen LogP contribution in [-0.4, -0.2) is 0 Å². The maximum absolute atomic E-state index is 2.54. The molecule has 2 aliphatic rings. The van der Waals surface area contributed by atoms with Crippen LogP contribution in [0.3, 0.4) is 0 Å². The minimum Gasteiger partial charge on any atom is -0.0622 e. The fraction of sp³-hybridized carbons (Fsp3) is 0.211. The van der Waals surface area contributed by atoms with Crippen LogP contribution >= 0.6 is 0 Å². The van der Waals surface area contributed by atoms with E-state index in [9.17, 15) is 0 Å². The van der Waals surface area contributed by atoms with Crippen LogP contribution in [0.2, 0.25) is 0 Å². The van der Waals surface area contributed by atoms with Crippen LogP contribution < -0.4 is 0 Å². The van der Waals surface area contributed by atoms with Gasteiger partial charge in [-0.2, -0.15) is 0 Å². The second-order valence-corrected chi connectivity index (χ2v) is 12.4. The Labute approximate surface area is 227 Å². The third kappa shape index (κ3) is 3.10. The maximum atomic E-state index is 2.54. The Kier molecular flexibility index (Phi) is 4.77. The lowest BCUT2D eigenvalue weighted by Crippen LogP contribution is -2.17. The Morgan fingerprint density at radius 3 is 1.13 bits per heavy atom. The molecule has 2 aliphatic carbocycles. The van der Waals surface area contributed by atoms with E-state index in [0.717, 1.165) is 0 Å². The van der Waals surface area contributed by atoms with Gasteiger partial charge in [0, 0.05) is 10.8 Å². The van der Waals surface area contributed by atoms with Gasteiger partial charge in [0.05, 0.1) is 0 Å². The summed E-state index contributed by atoms with van der Waals surface area (Å²) in [6, 6.07) is 36.3. The molecule has 0 radical (unpaired) electrons. The molecule has 38 heavy (non-hydrogen) atoms. The van der Waals surface area contributed by atoms with Gasteiger partial charge in [0.2, 0.25) is 0 Å². The van der Waals surface area contributed by atoms with E-state index in [-0.39, 0.29) is 10.8 Å². The number of fused-ring (bicyclic) bond motifs is 6. The highest BCUT2D eigenvalue weighted by Crippen LogP contribution is 2.58. The SMILES string of the molecule is Cc1cc(-c2ccccc2)cc2c1-c1cc3c(cc1C2(C)C)-c1c(C)cc(-c2ccccc2)cc1C3(C)C. The molecule has 7 rings (SSSR count). The molecule has 0 nitrogen and oxygen atoms in total. The first-order chi connectivity index (χ1) is 18.2. The van der Waals surface area contributed by atoms with Crippen molar-refractivity contribution in [2.75, 3.05) is 0 Å². The predicted octanol–water partition coefficient (Wildman–Crippen LogP) is 10.3. The van der Waals surface area contributed by atoms with E-state index in [1.165, 1.54) is 77.9 Å². The predicted molar refractivity (Wildman–Crippen MR) is 162 cm³/mol. The summed E-state index contributed by atoms with van der Waals surface area (Å²) in [5.74, 6) is 0. The number of hydrogen-bond acceptors (Lipinski definition) is 0. The van der Waals surface area contributed by atoms with E-state index in [1.807, 2.05) is 0 Å². The summed E-state index contributed by atoms with van der Waals surface area (Å²) in [4.78, 5) is 0. The zero-order valence-electron chi connectivity index (χ0n) is 23.2. The average Bonchev–Trinajstić information content (AvgIpc) is 3.28. The highest BCUT2D eigenvalue weighted by atomic mass is 14.5. The molecule has 0 heterocycles. The zero-order chi connectivity index (χ0) is 26.4. The molecule has 0 atom stereocenters. The normalized spacial score (nSPS) is 15.5. The van der Waals surface area contributed by atoms with Crippen LogP contribution in [-0.2, 0) is 10.8 Å². The van der Waals surface area contributed by atoms with Crippen molar-refractivity contribution in [2.24, 2.45) is 0 Å². The van der Waals surface area contributed by atoms with Crippen LogP contribution in [0.15, 0.2) is 97.1 Å². The van der Waals surface area contributed by atoms with Crippen LogP contribution in [0.5, 0.6) is 0 Å². The lowest BCUT2D eigenvalue weighted by molar-refractivity contribution is 0.652. The Balaban J connectivity index is 1.44. The summed E-state index contributed by atoms with van der Waals surface area (Å²) in [5.41, 5.74) is 19.3. The molecular weight excluding hydrogens is 456 g/mol. The Hall–Kier alpha value is -3.90. The molecule has 0 aromatic heterocycles. The third-order valence-corrected chi connectivity index (χ3v) is 9.28. The first-order valence-corrected chi connectivity index (χ1v) is 13.8. The lowest BCUT2D eigenvalue weighted by Gasteiger charge is -2.24. The number of benzene rings is 5. The molecule has 0 unspecified atom stereocenters. The number of hydrogen-bond donors (Lipinski definition) is 0. The van der Waals surface area contributed by atoms with Crippen molar-refractivity contribution >= 4 is 0 Å². The van der Waals surface area contributed by atoms with Crippen LogP contribution in [0.4, 0.5) is 0 Å². The largest absolute Gasteiger partial charge is 0.0622 e. The van der Waals surface area contributed by atoms with E-state index in [1.54, 1.807) is 0 Å². The van der Waals surface area contributed by atoms with Gasteiger partial charge in [-0.05, 0) is 116 Å². The summed E-state index contributed by atoms with van der Waals surface area (Å²) in [6.07, 6.45) is 0. The van der Waals surface area contributed by atoms with Crippen LogP contribution in [0.25, 0.3) is 44.5 Å². The molecule has 0 saturated heterocycles. The topological polar surface area (TPSA) is 0 Å². The van der Waals surface area contributed by atoms with Gasteiger partial charge in [-0.25, -0.2) is 0 Å². The molecule has 0 heteroatoms. The van der Waals surface area contributed by atoms with Crippen molar-refractivity contribution < 1.29 is 0 Å². The zero-order valence-corrected chi connectivity index (χ0v) is 23.2. The van der Waals surface area contributed by atoms with Gasteiger partial charge in [-0.15, -0.1) is 0 Å². The van der Waals surface area contributed by atoms with Gasteiger partial charge in [0.15, 0.2) is 0 Å². The summed E-state index contributed by atoms with van der Waals surface area (Å²) >= 11 is 0. The van der Waals surface area contributed by atoms with E-state index in [4.69, 9.17) is 0 Å². The fourth-order valence-electron chi connectivity index (χ4n) is 7.21. The maximum Gasteiger partial charge on any atom is 0.0159 e. The minimum absolute atomic E-state index is 0.0555. The molecule has 0 aliphatic heterocycles. The lowest BCUT2D eigenvalue weighted by atomic mass is 9.79. The van der Waals surface area contributed by atoms with Gasteiger partial charge in [-0.3, -0.25) is 0 Å². The second-order valence-electron chi connectivity index (χ2n) is 12.4. The van der Waals surface area contributed by atoms with Crippen molar-refractivity contribution in [3.05, 3.63) is 130 Å². The fourth-order valence-corrected chi connectivity index (χ4v) is 7.21. The molecule has 0 N–H and O–H groups in total. The average molecular weight is 491 g/mol. The van der Waals surface area contributed by atoms with Crippen molar-refractivity contribution in [1.29, 1.82) is 0 Å². The summed E-state index contributed by atoms with van der Waals surface area (Å²) < 4.78 is 0. The van der Waals surface area contributed by atoms with E-state index in [2.05, 4.69) is 139 Å². The third-order valence-electron chi connectivity index (χ3n) is 9.28. The van der Waals surface area contributed by atoms with E-state index in [0.29, 0.717) is 0 Å². The highest BCUT2D eigenvalue weighted by molar-refractivity contribution is 5.93. The Morgan fingerprint density at radius 2 is 0.763 bits per heavy atom. The first kappa shape index (κ1) is 23.2. The van der Waals surface area contributed by atoms with E-state index < -0.39 is 0 Å². The molecule has 0 spiro atoms. The molecule has 0 saturated carbocycles. The minimum atomic E-state index is -0.0555. The Bertz CT molecular complexity index is 1620. The van der Waals surface area contributed by atoms with Gasteiger partial charge >= 0.3 is 0 Å². The van der Waals surface area contributed by atoms with Crippen LogP contribution in [0, 0.1) is 13.8 Å². The van der Waals surface area contributed by atoms with E-state index >= 15 is 0 Å². The van der Waals surface area contributed by atoms with Crippen molar-refractivity contribution in [2.45, 2.75) is 52.4 Å². The van der Waals surface area contributed by atoms with Gasteiger partial charge in [0.1, 0.15) is 0 Å². The van der Waals surface area contributed by atoms with Crippen LogP contribution in [0.1, 0.15) is 61.1 Å². The highest BCUT2D eigenvalue weighted by Gasteiger charge is 2.42. The molecule has 0 fully saturated rings. The number of aryl methyl sites for hydroxylation is 2. The molecule has 0 bridgehead atoms. The van der Waals surface area contributed by atoms with Crippen molar-refractivity contribution in [1.82, 2.24) is 0 Å². The molecule has 5 aromatic carbocycles. The van der Waals surface area contributed by atoms with Gasteiger partial charge in [0.25, 0.3) is 0 Å². The summed E-state index contributed by atoms with van der Waals surface area (Å²) in [7, 11) is 0. The van der Waals surface area contributed by atoms with Crippen molar-refractivity contribution in [3.63, 3.8) is 0 Å². The van der Waals surface area contributed by atoms with Gasteiger partial charge < -0.3 is 0 Å². The molecule has 0 amide bonds. The quantitative estimate of drug-likeness (QED) is 0.231. The smallest absolute Gasteiger partial charge is 0.0159 e. The molecule has 186 valence electrons. The van der Waals surface area contributed by atoms with Gasteiger partial charge in [-0.1, -0.05) is 100 Å². The summed E-state index contributed by atoms with van der Waals surface area (Å²) in [6.45, 7) is 14.2. The van der Waals surface area contributed by atoms with Crippen molar-refractivity contribution in [3.8, 4) is 44.5 Å².